The van der Waals surface area contributed by atoms with Gasteiger partial charge in [-0.25, -0.2) is 0 Å². The Morgan fingerprint density at radius 3 is 2.44 bits per heavy atom. The molecule has 4 nitrogen and oxygen atoms in total. The molecule has 1 fully saturated rings. The number of rotatable bonds is 4. The van der Waals surface area contributed by atoms with Gasteiger partial charge in [0.15, 0.2) is 0 Å². The molecule has 1 aliphatic rings. The molecule has 1 aromatic heterocycles. The van der Waals surface area contributed by atoms with Gasteiger partial charge in [0.1, 0.15) is 0 Å². The van der Waals surface area contributed by atoms with Crippen LogP contribution in [0.5, 0.6) is 0 Å². The molecule has 144 valence electrons. The SMILES string of the molecule is O=C(NCC1(c2cccs2)CCCC1)C(=O)Nc1cccc(C(F)(F)F)c1. The molecule has 1 heterocycles. The van der Waals surface area contributed by atoms with E-state index in [2.05, 4.69) is 10.6 Å². The predicted molar refractivity (Wildman–Crippen MR) is 97.5 cm³/mol. The first-order valence-corrected chi connectivity index (χ1v) is 9.49. The molecule has 0 atom stereocenters. The summed E-state index contributed by atoms with van der Waals surface area (Å²) in [6.45, 7) is 0.336. The van der Waals surface area contributed by atoms with Crippen LogP contribution in [-0.4, -0.2) is 18.4 Å². The van der Waals surface area contributed by atoms with E-state index in [1.165, 1.54) is 17.0 Å². The Kier molecular flexibility index (Phi) is 5.55. The maximum atomic E-state index is 12.7. The zero-order valence-corrected chi connectivity index (χ0v) is 15.3. The maximum Gasteiger partial charge on any atom is 0.416 e. The Bertz CT molecular complexity index is 813. The highest BCUT2D eigenvalue weighted by Gasteiger charge is 2.37. The molecule has 1 saturated carbocycles. The Morgan fingerprint density at radius 1 is 1.07 bits per heavy atom. The number of carbonyl (C=O) groups excluding carboxylic acids is 2. The molecule has 0 spiro atoms. The number of nitrogens with one attached hydrogen (secondary N) is 2. The number of carbonyl (C=O) groups is 2. The zero-order chi connectivity index (χ0) is 19.5. The van der Waals surface area contributed by atoms with Crippen molar-refractivity contribution in [2.75, 3.05) is 11.9 Å². The summed E-state index contributed by atoms with van der Waals surface area (Å²) in [5, 5.41) is 6.86. The molecule has 2 amide bonds. The van der Waals surface area contributed by atoms with Gasteiger partial charge in [-0.15, -0.1) is 11.3 Å². The third-order valence-corrected chi connectivity index (χ3v) is 5.96. The summed E-state index contributed by atoms with van der Waals surface area (Å²) in [6, 6.07) is 8.19. The van der Waals surface area contributed by atoms with Crippen LogP contribution in [0, 0.1) is 0 Å². The van der Waals surface area contributed by atoms with Crippen molar-refractivity contribution in [3.05, 3.63) is 52.2 Å². The summed E-state index contributed by atoms with van der Waals surface area (Å²) in [4.78, 5) is 25.4. The van der Waals surface area contributed by atoms with Crippen LogP contribution in [0.4, 0.5) is 18.9 Å². The number of hydrogen-bond donors (Lipinski definition) is 2. The topological polar surface area (TPSA) is 58.2 Å². The minimum atomic E-state index is -4.52. The van der Waals surface area contributed by atoms with Gasteiger partial charge in [0.25, 0.3) is 0 Å². The predicted octanol–water partition coefficient (Wildman–Crippen LogP) is 4.33. The second-order valence-electron chi connectivity index (χ2n) is 6.68. The van der Waals surface area contributed by atoms with E-state index < -0.39 is 23.6 Å². The fourth-order valence-corrected chi connectivity index (χ4v) is 4.42. The Morgan fingerprint density at radius 2 is 1.81 bits per heavy atom. The highest BCUT2D eigenvalue weighted by Crippen LogP contribution is 2.42. The van der Waals surface area contributed by atoms with E-state index in [-0.39, 0.29) is 11.1 Å². The first kappa shape index (κ1) is 19.4. The smallest absolute Gasteiger partial charge is 0.347 e. The van der Waals surface area contributed by atoms with Crippen molar-refractivity contribution in [2.24, 2.45) is 0 Å². The number of thiophene rings is 1. The number of halogens is 3. The number of anilines is 1. The fourth-order valence-electron chi connectivity index (χ4n) is 3.43. The van der Waals surface area contributed by atoms with E-state index in [0.29, 0.717) is 6.54 Å². The monoisotopic (exact) mass is 396 g/mol. The van der Waals surface area contributed by atoms with E-state index in [1.54, 1.807) is 11.3 Å². The van der Waals surface area contributed by atoms with Crippen molar-refractivity contribution in [2.45, 2.75) is 37.3 Å². The number of hydrogen-bond acceptors (Lipinski definition) is 3. The lowest BCUT2D eigenvalue weighted by Gasteiger charge is -2.28. The number of amides is 2. The van der Waals surface area contributed by atoms with Gasteiger partial charge in [-0.05, 0) is 42.5 Å². The van der Waals surface area contributed by atoms with E-state index in [1.807, 2.05) is 17.5 Å². The van der Waals surface area contributed by atoms with Crippen molar-refractivity contribution < 1.29 is 22.8 Å². The molecular weight excluding hydrogens is 377 g/mol. The summed E-state index contributed by atoms with van der Waals surface area (Å²) in [5.41, 5.74) is -1.12. The highest BCUT2D eigenvalue weighted by molar-refractivity contribution is 7.10. The van der Waals surface area contributed by atoms with Gasteiger partial charge in [0, 0.05) is 22.5 Å². The molecule has 0 radical (unpaired) electrons. The normalized spacial score (nSPS) is 16.1. The van der Waals surface area contributed by atoms with Gasteiger partial charge in [-0.1, -0.05) is 25.0 Å². The highest BCUT2D eigenvalue weighted by atomic mass is 32.1. The van der Waals surface area contributed by atoms with E-state index in [9.17, 15) is 22.8 Å². The van der Waals surface area contributed by atoms with Gasteiger partial charge in [0.05, 0.1) is 5.56 Å². The Balaban J connectivity index is 1.62. The molecule has 1 aliphatic carbocycles. The lowest BCUT2D eigenvalue weighted by Crippen LogP contribution is -2.43. The lowest BCUT2D eigenvalue weighted by atomic mass is 9.84. The average Bonchev–Trinajstić information content (AvgIpc) is 3.31. The second kappa shape index (κ2) is 7.72. The van der Waals surface area contributed by atoms with E-state index >= 15 is 0 Å². The molecule has 27 heavy (non-hydrogen) atoms. The molecule has 0 saturated heterocycles. The van der Waals surface area contributed by atoms with Crippen molar-refractivity contribution in [1.82, 2.24) is 5.32 Å². The van der Waals surface area contributed by atoms with Gasteiger partial charge >= 0.3 is 18.0 Å². The number of alkyl halides is 3. The Hall–Kier alpha value is -2.35. The van der Waals surface area contributed by atoms with Gasteiger partial charge < -0.3 is 10.6 Å². The molecule has 8 heteroatoms. The first-order chi connectivity index (χ1) is 12.8. The molecule has 0 aliphatic heterocycles. The van der Waals surface area contributed by atoms with Crippen LogP contribution < -0.4 is 10.6 Å². The second-order valence-corrected chi connectivity index (χ2v) is 7.63. The standard InChI is InChI=1S/C19H19F3N2O2S/c20-19(21,22)13-5-3-6-14(11-13)24-17(26)16(25)23-12-18(8-1-2-9-18)15-7-4-10-27-15/h3-7,10-11H,1-2,8-9,12H2,(H,23,25)(H,24,26). The van der Waals surface area contributed by atoms with Crippen LogP contribution in [0.3, 0.4) is 0 Å². The van der Waals surface area contributed by atoms with Crippen LogP contribution in [-0.2, 0) is 21.2 Å². The molecule has 0 bridgehead atoms. The average molecular weight is 396 g/mol. The van der Waals surface area contributed by atoms with Gasteiger partial charge in [0.2, 0.25) is 0 Å². The third kappa shape index (κ3) is 4.50. The van der Waals surface area contributed by atoms with Gasteiger partial charge in [-0.3, -0.25) is 9.59 Å². The molecule has 1 aromatic carbocycles. The quantitative estimate of drug-likeness (QED) is 0.756. The summed E-state index contributed by atoms with van der Waals surface area (Å²) >= 11 is 1.63. The van der Waals surface area contributed by atoms with Crippen LogP contribution in [0.15, 0.2) is 41.8 Å². The molecule has 2 aromatic rings. The third-order valence-electron chi connectivity index (χ3n) is 4.85. The molecule has 0 unspecified atom stereocenters. The molecular formula is C19H19F3N2O2S. The van der Waals surface area contributed by atoms with Crippen molar-refractivity contribution in [3.8, 4) is 0 Å². The van der Waals surface area contributed by atoms with Crippen LogP contribution in [0.25, 0.3) is 0 Å². The van der Waals surface area contributed by atoms with Crippen molar-refractivity contribution in [3.63, 3.8) is 0 Å². The largest absolute Gasteiger partial charge is 0.416 e. The minimum Gasteiger partial charge on any atom is -0.347 e. The van der Waals surface area contributed by atoms with Gasteiger partial charge in [-0.2, -0.15) is 13.2 Å². The van der Waals surface area contributed by atoms with Crippen LogP contribution in [0.1, 0.15) is 36.1 Å². The van der Waals surface area contributed by atoms with Crippen molar-refractivity contribution >= 4 is 28.8 Å². The number of benzene rings is 1. The summed E-state index contributed by atoms with van der Waals surface area (Å²) < 4.78 is 38.2. The maximum absolute atomic E-state index is 12.7. The van der Waals surface area contributed by atoms with Crippen LogP contribution >= 0.6 is 11.3 Å². The first-order valence-electron chi connectivity index (χ1n) is 8.61. The van der Waals surface area contributed by atoms with Crippen LogP contribution in [0.2, 0.25) is 0 Å². The zero-order valence-electron chi connectivity index (χ0n) is 14.4. The lowest BCUT2D eigenvalue weighted by molar-refractivity contribution is -0.137. The van der Waals surface area contributed by atoms with Crippen molar-refractivity contribution in [1.29, 1.82) is 0 Å². The summed E-state index contributed by atoms with van der Waals surface area (Å²) in [6.07, 6.45) is -0.529. The van der Waals surface area contributed by atoms with E-state index in [4.69, 9.17) is 0 Å². The molecule has 2 N–H and O–H groups in total. The Labute approximate surface area is 158 Å². The summed E-state index contributed by atoms with van der Waals surface area (Å²) in [5.74, 6) is -1.83. The minimum absolute atomic E-state index is 0.0705. The van der Waals surface area contributed by atoms with E-state index in [0.717, 1.165) is 37.8 Å². The summed E-state index contributed by atoms with van der Waals surface area (Å²) in [7, 11) is 0. The molecule has 3 rings (SSSR count). The fraction of sp³-hybridized carbons (Fsp3) is 0.368.